The van der Waals surface area contributed by atoms with Crippen molar-refractivity contribution in [3.05, 3.63) is 0 Å². The molecule has 100 valence electrons. The lowest BCUT2D eigenvalue weighted by molar-refractivity contribution is -0.137. The maximum Gasteiger partial charge on any atom is 0.156 e. The fourth-order valence-corrected chi connectivity index (χ4v) is 1.02. The summed E-state index contributed by atoms with van der Waals surface area (Å²) in [6.45, 7) is 6.79. The largest absolute Gasteiger partial charge is 0.373 e. The first kappa shape index (κ1) is 18.2. The van der Waals surface area contributed by atoms with E-state index in [1.807, 2.05) is 0 Å². The zero-order valence-electron chi connectivity index (χ0n) is 11.1. The highest BCUT2D eigenvalue weighted by molar-refractivity contribution is 4.67. The van der Waals surface area contributed by atoms with Crippen molar-refractivity contribution < 1.29 is 14.2 Å². The molecule has 0 aromatic rings. The molecule has 0 spiro atoms. The third-order valence-corrected chi connectivity index (χ3v) is 2.02. The molecular formula is C11H28N2O3. The van der Waals surface area contributed by atoms with Crippen LogP contribution in [-0.2, 0) is 14.2 Å². The third kappa shape index (κ3) is 13.8. The van der Waals surface area contributed by atoms with Gasteiger partial charge in [0, 0.05) is 7.11 Å². The van der Waals surface area contributed by atoms with E-state index in [2.05, 4.69) is 6.92 Å². The van der Waals surface area contributed by atoms with E-state index < -0.39 is 0 Å². The predicted octanol–water partition coefficient (Wildman–Crippen LogP) is 2.04. The first-order valence-corrected chi connectivity index (χ1v) is 5.65. The highest BCUT2D eigenvalue weighted by Gasteiger charge is 2.20. The molecule has 0 radical (unpaired) electrons. The van der Waals surface area contributed by atoms with Crippen LogP contribution >= 0.6 is 0 Å². The lowest BCUT2D eigenvalue weighted by Gasteiger charge is -2.12. The van der Waals surface area contributed by atoms with Crippen molar-refractivity contribution in [3.63, 3.8) is 0 Å². The zero-order valence-corrected chi connectivity index (χ0v) is 11.1. The molecule has 5 nitrogen and oxygen atoms in total. The molecule has 1 fully saturated rings. The minimum absolute atomic E-state index is 0. The molecule has 0 amide bonds. The Labute approximate surface area is 99.2 Å². The van der Waals surface area contributed by atoms with Gasteiger partial charge in [-0.1, -0.05) is 19.8 Å². The second-order valence-corrected chi connectivity index (χ2v) is 3.74. The minimum atomic E-state index is -0.245. The number of hydrogen-bond donors (Lipinski definition) is 2. The van der Waals surface area contributed by atoms with Crippen LogP contribution in [-0.4, -0.2) is 32.3 Å². The Kier molecular flexibility index (Phi) is 12.8. The molecule has 0 aromatic carbocycles. The normalized spacial score (nSPS) is 21.2. The van der Waals surface area contributed by atoms with E-state index in [4.69, 9.17) is 19.9 Å². The molecule has 1 saturated heterocycles. The summed E-state index contributed by atoms with van der Waals surface area (Å²) in [5.74, 6) is 0. The second-order valence-electron chi connectivity index (χ2n) is 3.74. The molecular weight excluding hydrogens is 208 g/mol. The molecule has 0 aliphatic carbocycles. The van der Waals surface area contributed by atoms with Gasteiger partial charge < -0.3 is 26.1 Å². The first-order chi connectivity index (χ1) is 7.10. The lowest BCUT2D eigenvalue weighted by atomic mass is 10.2. The van der Waals surface area contributed by atoms with Gasteiger partial charge in [-0.05, 0) is 20.3 Å². The Bertz CT molecular complexity index is 141. The monoisotopic (exact) mass is 236 g/mol. The number of unbranched alkanes of at least 4 members (excludes halogenated alkanes) is 1. The van der Waals surface area contributed by atoms with Crippen LogP contribution in [0.3, 0.4) is 0 Å². The SMILES string of the molecule is CCCCC1CO1.COC(C)OC(C)N.N. The van der Waals surface area contributed by atoms with E-state index in [9.17, 15) is 0 Å². The molecule has 1 heterocycles. The summed E-state index contributed by atoms with van der Waals surface area (Å²) < 4.78 is 14.7. The van der Waals surface area contributed by atoms with E-state index in [0.29, 0.717) is 6.10 Å². The molecule has 5 heteroatoms. The van der Waals surface area contributed by atoms with Gasteiger partial charge in [0.15, 0.2) is 6.29 Å². The third-order valence-electron chi connectivity index (χ3n) is 2.02. The van der Waals surface area contributed by atoms with Crippen LogP contribution in [0.5, 0.6) is 0 Å². The van der Waals surface area contributed by atoms with Crippen molar-refractivity contribution >= 4 is 0 Å². The number of hydrogen-bond acceptors (Lipinski definition) is 5. The van der Waals surface area contributed by atoms with Gasteiger partial charge in [-0.2, -0.15) is 0 Å². The van der Waals surface area contributed by atoms with Gasteiger partial charge in [0.05, 0.1) is 12.7 Å². The summed E-state index contributed by atoms with van der Waals surface area (Å²) in [6, 6.07) is 0. The number of methoxy groups -OCH3 is 1. The number of nitrogens with two attached hydrogens (primary N) is 1. The van der Waals surface area contributed by atoms with Crippen molar-refractivity contribution in [2.45, 2.75) is 58.7 Å². The van der Waals surface area contributed by atoms with Gasteiger partial charge in [-0.15, -0.1) is 0 Å². The molecule has 0 aromatic heterocycles. The molecule has 1 aliphatic heterocycles. The van der Waals surface area contributed by atoms with Crippen LogP contribution in [0.2, 0.25) is 0 Å². The molecule has 0 saturated carbocycles. The quantitative estimate of drug-likeness (QED) is 0.544. The Morgan fingerprint density at radius 2 is 2.00 bits per heavy atom. The molecule has 5 N–H and O–H groups in total. The summed E-state index contributed by atoms with van der Waals surface area (Å²) in [6.07, 6.45) is 4.14. The average Bonchev–Trinajstić information content (AvgIpc) is 2.98. The number of ether oxygens (including phenoxy) is 3. The van der Waals surface area contributed by atoms with Crippen molar-refractivity contribution in [1.82, 2.24) is 6.15 Å². The number of epoxide rings is 1. The maximum atomic E-state index is 5.27. The van der Waals surface area contributed by atoms with E-state index in [-0.39, 0.29) is 18.7 Å². The molecule has 0 bridgehead atoms. The first-order valence-electron chi connectivity index (χ1n) is 5.65. The van der Waals surface area contributed by atoms with Crippen LogP contribution in [0.1, 0.15) is 40.0 Å². The van der Waals surface area contributed by atoms with Crippen molar-refractivity contribution in [1.29, 1.82) is 0 Å². The van der Waals surface area contributed by atoms with Gasteiger partial charge in [-0.25, -0.2) is 0 Å². The minimum Gasteiger partial charge on any atom is -0.373 e. The van der Waals surface area contributed by atoms with E-state index in [0.717, 1.165) is 6.61 Å². The fraction of sp³-hybridized carbons (Fsp3) is 1.00. The smallest absolute Gasteiger partial charge is 0.156 e. The van der Waals surface area contributed by atoms with Crippen LogP contribution in [0.4, 0.5) is 0 Å². The summed E-state index contributed by atoms with van der Waals surface area (Å²) >= 11 is 0. The van der Waals surface area contributed by atoms with Gasteiger partial charge >= 0.3 is 0 Å². The van der Waals surface area contributed by atoms with Gasteiger partial charge in [0.2, 0.25) is 0 Å². The lowest BCUT2D eigenvalue weighted by Crippen LogP contribution is -2.25. The van der Waals surface area contributed by atoms with E-state index in [1.165, 1.54) is 19.3 Å². The van der Waals surface area contributed by atoms with Crippen molar-refractivity contribution in [2.24, 2.45) is 5.73 Å². The summed E-state index contributed by atoms with van der Waals surface area (Å²) in [5.41, 5.74) is 5.27. The Balaban J connectivity index is 0. The Morgan fingerprint density at radius 1 is 1.44 bits per heavy atom. The summed E-state index contributed by atoms with van der Waals surface area (Å²) in [7, 11) is 1.58. The molecule has 16 heavy (non-hydrogen) atoms. The summed E-state index contributed by atoms with van der Waals surface area (Å²) in [5, 5.41) is 0. The standard InChI is InChI=1S/C6H12O.C5H13NO2.H3N/c1-2-3-4-6-5-7-6;1-4(6)8-5(2)7-3;/h6H,2-5H2,1H3;4-5H,6H2,1-3H3;1H3. The highest BCUT2D eigenvalue weighted by Crippen LogP contribution is 2.15. The van der Waals surface area contributed by atoms with Crippen LogP contribution in [0.25, 0.3) is 0 Å². The fourth-order valence-electron chi connectivity index (χ4n) is 1.02. The summed E-state index contributed by atoms with van der Waals surface area (Å²) in [4.78, 5) is 0. The van der Waals surface area contributed by atoms with Gasteiger partial charge in [0.25, 0.3) is 0 Å². The Morgan fingerprint density at radius 3 is 2.25 bits per heavy atom. The molecule has 3 unspecified atom stereocenters. The maximum absolute atomic E-state index is 5.27. The molecule has 1 aliphatic rings. The second kappa shape index (κ2) is 11.3. The van der Waals surface area contributed by atoms with Crippen molar-refractivity contribution in [3.8, 4) is 0 Å². The zero-order chi connectivity index (χ0) is 11.7. The predicted molar refractivity (Wildman–Crippen MR) is 65.5 cm³/mol. The van der Waals surface area contributed by atoms with Crippen LogP contribution in [0.15, 0.2) is 0 Å². The van der Waals surface area contributed by atoms with Gasteiger partial charge in [0.1, 0.15) is 6.23 Å². The number of rotatable bonds is 6. The molecule has 1 rings (SSSR count). The highest BCUT2D eigenvalue weighted by atomic mass is 16.7. The van der Waals surface area contributed by atoms with E-state index >= 15 is 0 Å². The molecule has 3 atom stereocenters. The van der Waals surface area contributed by atoms with Crippen LogP contribution in [0, 0.1) is 0 Å². The average molecular weight is 236 g/mol. The van der Waals surface area contributed by atoms with Crippen molar-refractivity contribution in [2.75, 3.05) is 13.7 Å². The van der Waals surface area contributed by atoms with Crippen LogP contribution < -0.4 is 11.9 Å². The topological polar surface area (TPSA) is 92.0 Å². The Hall–Kier alpha value is -0.200. The van der Waals surface area contributed by atoms with Gasteiger partial charge in [-0.3, -0.25) is 0 Å². The van der Waals surface area contributed by atoms with E-state index in [1.54, 1.807) is 21.0 Å².